The van der Waals surface area contributed by atoms with Crippen molar-refractivity contribution in [1.82, 2.24) is 9.96 Å². The van der Waals surface area contributed by atoms with E-state index < -0.39 is 28.8 Å². The number of amidine groups is 1. The first kappa shape index (κ1) is 17.8. The Morgan fingerprint density at radius 3 is 2.30 bits per heavy atom. The first-order valence-electron chi connectivity index (χ1n) is 8.12. The van der Waals surface area contributed by atoms with E-state index in [2.05, 4.69) is 0 Å². The number of hydrogen-bond donors (Lipinski definition) is 0. The van der Waals surface area contributed by atoms with Gasteiger partial charge in [0.1, 0.15) is 17.2 Å². The molecule has 23 heavy (non-hydrogen) atoms. The van der Waals surface area contributed by atoms with Crippen molar-refractivity contribution in [3.05, 3.63) is 5.21 Å². The van der Waals surface area contributed by atoms with Gasteiger partial charge in [-0.2, -0.15) is 0 Å². The highest BCUT2D eigenvalue weighted by Gasteiger charge is 2.62. The lowest BCUT2D eigenvalue weighted by Crippen LogP contribution is -2.54. The van der Waals surface area contributed by atoms with Gasteiger partial charge >= 0.3 is 11.9 Å². The third-order valence-electron chi connectivity index (χ3n) is 5.11. The van der Waals surface area contributed by atoms with E-state index in [4.69, 9.17) is 4.74 Å². The zero-order valence-electron chi connectivity index (χ0n) is 15.2. The number of ether oxygens (including phenoxy) is 1. The first-order valence-corrected chi connectivity index (χ1v) is 8.12. The van der Waals surface area contributed by atoms with Crippen LogP contribution in [-0.2, 0) is 9.94 Å². The van der Waals surface area contributed by atoms with Gasteiger partial charge in [-0.15, -0.1) is 0 Å². The van der Waals surface area contributed by atoms with Crippen LogP contribution in [0.3, 0.4) is 0 Å². The van der Waals surface area contributed by atoms with Gasteiger partial charge in [-0.05, 0) is 61.3 Å². The molecule has 0 aliphatic carbocycles. The summed E-state index contributed by atoms with van der Waals surface area (Å²) < 4.78 is 6.20. The van der Waals surface area contributed by atoms with E-state index >= 15 is 0 Å². The standard InChI is InChI=1S/C16H28N3O4/c1-14(2,3)23-13(20)17-10-8-9-11(17)12-18(21)15(4,5)16(6,7)19(12)22/h11H,8-10H2,1-7H3/t11-/m0/s1. The Morgan fingerprint density at radius 2 is 1.87 bits per heavy atom. The highest BCUT2D eigenvalue weighted by Crippen LogP contribution is 2.38. The lowest BCUT2D eigenvalue weighted by Gasteiger charge is -2.32. The van der Waals surface area contributed by atoms with Crippen LogP contribution in [0.1, 0.15) is 61.3 Å². The van der Waals surface area contributed by atoms with Gasteiger partial charge < -0.3 is 9.94 Å². The summed E-state index contributed by atoms with van der Waals surface area (Å²) >= 11 is 0. The summed E-state index contributed by atoms with van der Waals surface area (Å²) in [4.78, 5) is 13.9. The van der Waals surface area contributed by atoms with E-state index in [0.717, 1.165) is 16.2 Å². The van der Waals surface area contributed by atoms with Crippen molar-refractivity contribution < 1.29 is 19.5 Å². The smallest absolute Gasteiger partial charge is 0.411 e. The molecule has 0 bridgehead atoms. The predicted molar refractivity (Wildman–Crippen MR) is 85.3 cm³/mol. The minimum absolute atomic E-state index is 0.114. The van der Waals surface area contributed by atoms with E-state index in [9.17, 15) is 15.2 Å². The Bertz CT molecular complexity index is 534. The Hall–Kier alpha value is -1.50. The van der Waals surface area contributed by atoms with Gasteiger partial charge in [0.05, 0.1) is 0 Å². The third-order valence-corrected chi connectivity index (χ3v) is 5.11. The summed E-state index contributed by atoms with van der Waals surface area (Å²) in [5.74, 6) is 0.114. The number of likely N-dealkylation sites (tertiary alicyclic amines) is 1. The summed E-state index contributed by atoms with van der Waals surface area (Å²) in [6.45, 7) is 12.9. The lowest BCUT2D eigenvalue weighted by molar-refractivity contribution is -0.541. The maximum atomic E-state index is 12.8. The fourth-order valence-corrected chi connectivity index (χ4v) is 3.00. The van der Waals surface area contributed by atoms with Crippen molar-refractivity contribution in [3.63, 3.8) is 0 Å². The predicted octanol–water partition coefficient (Wildman–Crippen LogP) is 2.51. The number of nitrogens with zero attached hydrogens (tertiary/aromatic N) is 3. The maximum absolute atomic E-state index is 12.8. The molecule has 0 aromatic rings. The largest absolute Gasteiger partial charge is 0.715 e. The minimum Gasteiger partial charge on any atom is -0.715 e. The molecule has 2 heterocycles. The van der Waals surface area contributed by atoms with Crippen LogP contribution in [-0.4, -0.2) is 55.9 Å². The molecule has 1 atom stereocenters. The van der Waals surface area contributed by atoms with Crippen molar-refractivity contribution in [3.8, 4) is 0 Å². The fourth-order valence-electron chi connectivity index (χ4n) is 3.00. The average molecular weight is 326 g/mol. The molecule has 0 N–H and O–H groups in total. The van der Waals surface area contributed by atoms with Gasteiger partial charge in [0, 0.05) is 11.8 Å². The van der Waals surface area contributed by atoms with E-state index in [1.807, 2.05) is 0 Å². The third kappa shape index (κ3) is 2.75. The molecule has 131 valence electrons. The van der Waals surface area contributed by atoms with E-state index in [-0.39, 0.29) is 5.84 Å². The fraction of sp³-hybridized carbons (Fsp3) is 0.875. The molecular formula is C16H28N3O4. The monoisotopic (exact) mass is 326 g/mol. The molecule has 1 radical (unpaired) electrons. The van der Waals surface area contributed by atoms with Gasteiger partial charge in [0.2, 0.25) is 0 Å². The van der Waals surface area contributed by atoms with Crippen LogP contribution in [0.4, 0.5) is 4.79 Å². The number of hydroxylamine groups is 3. The van der Waals surface area contributed by atoms with E-state index in [1.54, 1.807) is 48.5 Å². The Morgan fingerprint density at radius 1 is 1.30 bits per heavy atom. The molecule has 0 spiro atoms. The molecule has 7 nitrogen and oxygen atoms in total. The maximum Gasteiger partial charge on any atom is 0.411 e. The zero-order valence-corrected chi connectivity index (χ0v) is 15.2. The molecule has 0 unspecified atom stereocenters. The summed E-state index contributed by atoms with van der Waals surface area (Å²) in [6.07, 6.45) is 0.866. The molecule has 7 heteroatoms. The molecule has 1 amide bonds. The first-order chi connectivity index (χ1) is 10.3. The van der Waals surface area contributed by atoms with Gasteiger partial charge in [-0.3, -0.25) is 9.64 Å². The van der Waals surface area contributed by atoms with Gasteiger partial charge in [-0.1, -0.05) is 5.06 Å². The van der Waals surface area contributed by atoms with E-state index in [0.29, 0.717) is 13.0 Å². The summed E-state index contributed by atoms with van der Waals surface area (Å²) in [7, 11) is 0. The summed E-state index contributed by atoms with van der Waals surface area (Å²) in [5, 5.41) is 26.3. The molecule has 0 saturated carbocycles. The van der Waals surface area contributed by atoms with Gasteiger partial charge in [0.15, 0.2) is 5.54 Å². The minimum atomic E-state index is -0.869. The van der Waals surface area contributed by atoms with E-state index in [1.165, 1.54) is 4.90 Å². The highest BCUT2D eigenvalue weighted by molar-refractivity contribution is 5.88. The molecule has 2 rings (SSSR count). The Kier molecular flexibility index (Phi) is 4.08. The van der Waals surface area contributed by atoms with Gasteiger partial charge in [-0.25, -0.2) is 4.79 Å². The lowest BCUT2D eigenvalue weighted by atomic mass is 9.84. The molecule has 1 fully saturated rings. The Balaban J connectivity index is 2.34. The number of hydrogen-bond acceptors (Lipinski definition) is 4. The highest BCUT2D eigenvalue weighted by atomic mass is 16.6. The normalized spacial score (nSPS) is 26.9. The van der Waals surface area contributed by atoms with Crippen LogP contribution in [0.5, 0.6) is 0 Å². The molecule has 1 saturated heterocycles. The topological polar surface area (TPSA) is 78.8 Å². The molecule has 0 aromatic carbocycles. The van der Waals surface area contributed by atoms with Crippen molar-refractivity contribution in [2.75, 3.05) is 6.54 Å². The second-order valence-electron chi connectivity index (χ2n) is 8.40. The number of carbonyl (C=O) groups is 1. The van der Waals surface area contributed by atoms with Crippen molar-refractivity contribution >= 4 is 11.9 Å². The zero-order chi connectivity index (χ0) is 17.8. The molecule has 2 aliphatic heterocycles. The second-order valence-corrected chi connectivity index (χ2v) is 8.40. The van der Waals surface area contributed by atoms with Crippen LogP contribution in [0.15, 0.2) is 0 Å². The quantitative estimate of drug-likeness (QED) is 0.548. The summed E-state index contributed by atoms with van der Waals surface area (Å²) in [5.41, 5.74) is -2.35. The Labute approximate surface area is 138 Å². The van der Waals surface area contributed by atoms with Crippen molar-refractivity contribution in [2.24, 2.45) is 0 Å². The second kappa shape index (κ2) is 5.26. The molecule has 2 aliphatic rings. The SMILES string of the molecule is CC(C)(C)OC(=O)N1CCC[C@H]1C1=[N+]([O-])C(C)(C)C(C)(C)N1[O]. The van der Waals surface area contributed by atoms with Crippen LogP contribution in [0.25, 0.3) is 0 Å². The van der Waals surface area contributed by atoms with Crippen molar-refractivity contribution in [1.29, 1.82) is 0 Å². The van der Waals surface area contributed by atoms with Crippen LogP contribution in [0, 0.1) is 5.21 Å². The number of carbonyl (C=O) groups excluding carboxylic acids is 1. The van der Waals surface area contributed by atoms with Crippen molar-refractivity contribution in [2.45, 2.75) is 84.0 Å². The average Bonchev–Trinajstić information content (AvgIpc) is 2.88. The molecular weight excluding hydrogens is 298 g/mol. The molecule has 0 aromatic heterocycles. The van der Waals surface area contributed by atoms with Gasteiger partial charge in [0.25, 0.3) is 0 Å². The summed E-state index contributed by atoms with van der Waals surface area (Å²) in [6, 6.07) is -0.527. The van der Waals surface area contributed by atoms with Crippen LogP contribution >= 0.6 is 0 Å². The number of rotatable bonds is 1. The van der Waals surface area contributed by atoms with Crippen LogP contribution in [0.2, 0.25) is 0 Å². The van der Waals surface area contributed by atoms with Crippen LogP contribution < -0.4 is 0 Å². The number of amides is 1.